The van der Waals surface area contributed by atoms with E-state index in [0.29, 0.717) is 31.7 Å². The van der Waals surface area contributed by atoms with Crippen molar-refractivity contribution in [3.05, 3.63) is 64.1 Å². The van der Waals surface area contributed by atoms with Gasteiger partial charge in [-0.15, -0.1) is 11.3 Å². The zero-order chi connectivity index (χ0) is 16.9. The summed E-state index contributed by atoms with van der Waals surface area (Å²) in [7, 11) is 0. The first-order valence-corrected chi connectivity index (χ1v) is 8.57. The van der Waals surface area contributed by atoms with E-state index in [2.05, 4.69) is 0 Å². The van der Waals surface area contributed by atoms with Crippen LogP contribution in [0.15, 0.2) is 47.9 Å². The number of rotatable bonds is 3. The minimum atomic E-state index is -0.423. The molecule has 0 radical (unpaired) electrons. The monoisotopic (exact) mass is 344 g/mol. The summed E-state index contributed by atoms with van der Waals surface area (Å²) in [6, 6.07) is 9.57. The third-order valence-corrected chi connectivity index (χ3v) is 4.72. The van der Waals surface area contributed by atoms with E-state index in [1.165, 1.54) is 18.2 Å². The summed E-state index contributed by atoms with van der Waals surface area (Å²) in [5, 5.41) is 1.96. The third kappa shape index (κ3) is 3.89. The average Bonchev–Trinajstić information content (AvgIpc) is 3.13. The number of halogens is 1. The number of hydrogen-bond donors (Lipinski definition) is 0. The van der Waals surface area contributed by atoms with Crippen molar-refractivity contribution in [2.75, 3.05) is 26.2 Å². The van der Waals surface area contributed by atoms with E-state index in [-0.39, 0.29) is 11.8 Å². The fraction of sp³-hybridized carbons (Fsp3) is 0.222. The van der Waals surface area contributed by atoms with Crippen LogP contribution in [0.1, 0.15) is 15.2 Å². The van der Waals surface area contributed by atoms with Crippen LogP contribution in [0.3, 0.4) is 0 Å². The van der Waals surface area contributed by atoms with Crippen molar-refractivity contribution in [3.63, 3.8) is 0 Å². The molecule has 0 aliphatic carbocycles. The van der Waals surface area contributed by atoms with Gasteiger partial charge in [0.1, 0.15) is 5.82 Å². The maximum atomic E-state index is 13.2. The van der Waals surface area contributed by atoms with Crippen LogP contribution in [0.2, 0.25) is 0 Å². The molecule has 0 N–H and O–H groups in total. The van der Waals surface area contributed by atoms with Gasteiger partial charge in [-0.25, -0.2) is 4.39 Å². The first-order valence-electron chi connectivity index (χ1n) is 7.69. The summed E-state index contributed by atoms with van der Waals surface area (Å²) in [6.45, 7) is 1.87. The molecule has 1 aliphatic rings. The molecule has 6 heteroatoms. The van der Waals surface area contributed by atoms with Crippen molar-refractivity contribution in [2.45, 2.75) is 0 Å². The Balaban J connectivity index is 1.55. The van der Waals surface area contributed by atoms with Crippen molar-refractivity contribution in [1.82, 2.24) is 9.80 Å². The highest BCUT2D eigenvalue weighted by molar-refractivity contribution is 7.10. The van der Waals surface area contributed by atoms with Crippen molar-refractivity contribution < 1.29 is 14.0 Å². The molecule has 1 aromatic heterocycles. The molecule has 0 atom stereocenters. The molecule has 1 aromatic carbocycles. The molecule has 0 bridgehead atoms. The number of thiophene rings is 1. The van der Waals surface area contributed by atoms with Gasteiger partial charge in [0.05, 0.1) is 0 Å². The molecule has 2 amide bonds. The Morgan fingerprint density at radius 1 is 1.04 bits per heavy atom. The van der Waals surface area contributed by atoms with Gasteiger partial charge in [-0.3, -0.25) is 9.59 Å². The Morgan fingerprint density at radius 3 is 2.46 bits per heavy atom. The standard InChI is InChI=1S/C18H17FN2O2S/c19-15-4-1-3-14(13-15)18(23)21-10-8-20(9-11-21)17(22)7-6-16-5-2-12-24-16/h1-7,12-13H,8-11H2/b7-6+. The summed E-state index contributed by atoms with van der Waals surface area (Å²) in [5.74, 6) is -0.676. The largest absolute Gasteiger partial charge is 0.336 e. The van der Waals surface area contributed by atoms with Gasteiger partial charge in [-0.2, -0.15) is 0 Å². The summed E-state index contributed by atoms with van der Waals surface area (Å²) < 4.78 is 13.2. The van der Waals surface area contributed by atoms with Gasteiger partial charge in [-0.1, -0.05) is 12.1 Å². The molecule has 0 saturated carbocycles. The minimum absolute atomic E-state index is 0.0544. The maximum Gasteiger partial charge on any atom is 0.254 e. The molecule has 1 fully saturated rings. The molecule has 124 valence electrons. The van der Waals surface area contributed by atoms with Crippen LogP contribution in [-0.2, 0) is 4.79 Å². The van der Waals surface area contributed by atoms with Gasteiger partial charge in [0.25, 0.3) is 5.91 Å². The number of hydrogen-bond acceptors (Lipinski definition) is 3. The molecule has 2 heterocycles. The second-order valence-electron chi connectivity index (χ2n) is 5.48. The second kappa shape index (κ2) is 7.40. The van der Waals surface area contributed by atoms with Gasteiger partial charge >= 0.3 is 0 Å². The lowest BCUT2D eigenvalue weighted by atomic mass is 10.1. The normalized spacial score (nSPS) is 15.0. The Morgan fingerprint density at radius 2 is 1.79 bits per heavy atom. The molecule has 24 heavy (non-hydrogen) atoms. The Hall–Kier alpha value is -2.47. The van der Waals surface area contributed by atoms with Crippen molar-refractivity contribution >= 4 is 29.2 Å². The predicted molar refractivity (Wildman–Crippen MR) is 92.2 cm³/mol. The van der Waals surface area contributed by atoms with E-state index in [1.54, 1.807) is 39.4 Å². The van der Waals surface area contributed by atoms with Crippen molar-refractivity contribution in [1.29, 1.82) is 0 Å². The number of piperazine rings is 1. The molecular weight excluding hydrogens is 327 g/mol. The van der Waals surface area contributed by atoms with E-state index in [9.17, 15) is 14.0 Å². The Bertz CT molecular complexity index is 750. The van der Waals surface area contributed by atoms with Gasteiger partial charge in [0.2, 0.25) is 5.91 Å². The van der Waals surface area contributed by atoms with E-state index >= 15 is 0 Å². The van der Waals surface area contributed by atoms with Crippen LogP contribution >= 0.6 is 11.3 Å². The topological polar surface area (TPSA) is 40.6 Å². The van der Waals surface area contributed by atoms with Crippen LogP contribution in [0.25, 0.3) is 6.08 Å². The van der Waals surface area contributed by atoms with Crippen LogP contribution in [0.5, 0.6) is 0 Å². The summed E-state index contributed by atoms with van der Waals surface area (Å²) in [5.41, 5.74) is 0.340. The maximum absolute atomic E-state index is 13.2. The minimum Gasteiger partial charge on any atom is -0.336 e. The Labute approximate surface area is 143 Å². The van der Waals surface area contributed by atoms with Crippen LogP contribution in [-0.4, -0.2) is 47.8 Å². The van der Waals surface area contributed by atoms with E-state index in [0.717, 1.165) is 4.88 Å². The summed E-state index contributed by atoms with van der Waals surface area (Å²) >= 11 is 1.57. The molecule has 4 nitrogen and oxygen atoms in total. The molecule has 0 spiro atoms. The molecule has 0 unspecified atom stereocenters. The van der Waals surface area contributed by atoms with Crippen LogP contribution in [0, 0.1) is 5.82 Å². The summed E-state index contributed by atoms with van der Waals surface area (Å²) in [6.07, 6.45) is 3.37. The zero-order valence-electron chi connectivity index (χ0n) is 13.0. The number of amides is 2. The van der Waals surface area contributed by atoms with Crippen LogP contribution < -0.4 is 0 Å². The third-order valence-electron chi connectivity index (χ3n) is 3.88. The van der Waals surface area contributed by atoms with Gasteiger partial charge in [0, 0.05) is 42.7 Å². The lowest BCUT2D eigenvalue weighted by molar-refractivity contribution is -0.127. The first-order chi connectivity index (χ1) is 11.6. The number of benzene rings is 1. The van der Waals surface area contributed by atoms with Gasteiger partial charge in [0.15, 0.2) is 0 Å². The lowest BCUT2D eigenvalue weighted by Gasteiger charge is -2.34. The van der Waals surface area contributed by atoms with Crippen LogP contribution in [0.4, 0.5) is 4.39 Å². The lowest BCUT2D eigenvalue weighted by Crippen LogP contribution is -2.50. The number of carbonyl (C=O) groups excluding carboxylic acids is 2. The summed E-state index contributed by atoms with van der Waals surface area (Å²) in [4.78, 5) is 28.9. The average molecular weight is 344 g/mol. The first kappa shape index (κ1) is 16.4. The molecule has 1 saturated heterocycles. The highest BCUT2D eigenvalue weighted by atomic mass is 32.1. The van der Waals surface area contributed by atoms with Gasteiger partial charge < -0.3 is 9.80 Å². The van der Waals surface area contributed by atoms with Crippen molar-refractivity contribution in [3.8, 4) is 0 Å². The highest BCUT2D eigenvalue weighted by Gasteiger charge is 2.24. The smallest absolute Gasteiger partial charge is 0.254 e. The molecule has 3 rings (SSSR count). The van der Waals surface area contributed by atoms with E-state index in [1.807, 2.05) is 17.5 Å². The fourth-order valence-corrected chi connectivity index (χ4v) is 3.20. The quantitative estimate of drug-likeness (QED) is 0.804. The second-order valence-corrected chi connectivity index (χ2v) is 6.46. The number of carbonyl (C=O) groups is 2. The SMILES string of the molecule is O=C(/C=C/c1cccs1)N1CCN(C(=O)c2cccc(F)c2)CC1. The number of nitrogens with zero attached hydrogens (tertiary/aromatic N) is 2. The molecule has 1 aliphatic heterocycles. The van der Waals surface area contributed by atoms with E-state index in [4.69, 9.17) is 0 Å². The molecule has 2 aromatic rings. The van der Waals surface area contributed by atoms with Gasteiger partial charge in [-0.05, 0) is 35.7 Å². The highest BCUT2D eigenvalue weighted by Crippen LogP contribution is 2.13. The van der Waals surface area contributed by atoms with Crippen molar-refractivity contribution in [2.24, 2.45) is 0 Å². The Kier molecular flexibility index (Phi) is 5.05. The van der Waals surface area contributed by atoms with E-state index < -0.39 is 5.82 Å². The zero-order valence-corrected chi connectivity index (χ0v) is 13.8. The molecular formula is C18H17FN2O2S. The predicted octanol–water partition coefficient (Wildman–Crippen LogP) is 2.89. The fourth-order valence-electron chi connectivity index (χ4n) is 2.58.